The predicted molar refractivity (Wildman–Crippen MR) is 103 cm³/mol. The highest BCUT2D eigenvalue weighted by Crippen LogP contribution is 2.21. The van der Waals surface area contributed by atoms with Crippen LogP contribution in [0.5, 0.6) is 0 Å². The van der Waals surface area contributed by atoms with Crippen LogP contribution in [0.3, 0.4) is 0 Å². The van der Waals surface area contributed by atoms with E-state index in [2.05, 4.69) is 15.0 Å². The molecule has 0 spiro atoms. The zero-order chi connectivity index (χ0) is 19.5. The lowest BCUT2D eigenvalue weighted by molar-refractivity contribution is -0.131. The van der Waals surface area contributed by atoms with Crippen LogP contribution in [-0.2, 0) is 11.2 Å². The van der Waals surface area contributed by atoms with Crippen molar-refractivity contribution in [2.45, 2.75) is 13.3 Å². The van der Waals surface area contributed by atoms with Crippen LogP contribution in [0.2, 0.25) is 0 Å². The Balaban J connectivity index is 1.35. The average Bonchev–Trinajstić information content (AvgIpc) is 3.17. The van der Waals surface area contributed by atoms with Crippen LogP contribution in [0.1, 0.15) is 11.5 Å². The van der Waals surface area contributed by atoms with E-state index in [4.69, 9.17) is 4.52 Å². The molecule has 0 radical (unpaired) electrons. The molecule has 1 aromatic heterocycles. The Morgan fingerprint density at radius 2 is 1.79 bits per heavy atom. The van der Waals surface area contributed by atoms with Crippen LogP contribution in [0.4, 0.5) is 10.1 Å². The molecule has 7 heteroatoms. The highest BCUT2D eigenvalue weighted by Gasteiger charge is 2.23. The fourth-order valence-electron chi connectivity index (χ4n) is 3.37. The monoisotopic (exact) mass is 380 g/mol. The summed E-state index contributed by atoms with van der Waals surface area (Å²) in [5.74, 6) is 0.548. The number of rotatable bonds is 4. The summed E-state index contributed by atoms with van der Waals surface area (Å²) in [6, 6.07) is 14.2. The molecular weight excluding hydrogens is 359 g/mol. The number of hydrogen-bond acceptors (Lipinski definition) is 5. The lowest BCUT2D eigenvalue weighted by Crippen LogP contribution is -2.49. The van der Waals surface area contributed by atoms with Gasteiger partial charge in [-0.2, -0.15) is 4.98 Å². The Kier molecular flexibility index (Phi) is 5.06. The number of aryl methyl sites for hydroxylation is 1. The molecule has 0 saturated carbocycles. The number of aromatic nitrogens is 2. The van der Waals surface area contributed by atoms with Crippen molar-refractivity contribution >= 4 is 11.6 Å². The van der Waals surface area contributed by atoms with Gasteiger partial charge in [0.05, 0.1) is 0 Å². The minimum absolute atomic E-state index is 0.0289. The van der Waals surface area contributed by atoms with E-state index in [1.54, 1.807) is 17.0 Å². The van der Waals surface area contributed by atoms with Crippen LogP contribution in [0, 0.1) is 12.7 Å². The van der Waals surface area contributed by atoms with Gasteiger partial charge in [0.2, 0.25) is 17.6 Å². The lowest BCUT2D eigenvalue weighted by atomic mass is 10.1. The molecule has 0 atom stereocenters. The third-order valence-corrected chi connectivity index (χ3v) is 4.98. The summed E-state index contributed by atoms with van der Waals surface area (Å²) in [4.78, 5) is 20.9. The Morgan fingerprint density at radius 1 is 1.07 bits per heavy atom. The van der Waals surface area contributed by atoms with E-state index in [-0.39, 0.29) is 18.1 Å². The molecule has 144 valence electrons. The van der Waals surface area contributed by atoms with E-state index >= 15 is 0 Å². The highest BCUT2D eigenvalue weighted by molar-refractivity contribution is 5.78. The molecular formula is C21H21FN4O2. The second kappa shape index (κ2) is 7.80. The number of anilines is 1. The summed E-state index contributed by atoms with van der Waals surface area (Å²) in [7, 11) is 0. The first kappa shape index (κ1) is 18.2. The van der Waals surface area contributed by atoms with Crippen molar-refractivity contribution < 1.29 is 13.7 Å². The number of carbonyl (C=O) groups is 1. The zero-order valence-corrected chi connectivity index (χ0v) is 15.6. The van der Waals surface area contributed by atoms with Gasteiger partial charge in [0, 0.05) is 37.4 Å². The largest absolute Gasteiger partial charge is 0.368 e. The Bertz CT molecular complexity index is 963. The van der Waals surface area contributed by atoms with Gasteiger partial charge in [0.15, 0.2) is 0 Å². The molecule has 0 unspecified atom stereocenters. The van der Waals surface area contributed by atoms with Gasteiger partial charge in [0.1, 0.15) is 12.2 Å². The molecule has 6 nitrogen and oxygen atoms in total. The number of amides is 1. The van der Waals surface area contributed by atoms with E-state index < -0.39 is 0 Å². The maximum Gasteiger partial charge on any atom is 0.236 e. The van der Waals surface area contributed by atoms with E-state index in [0.717, 1.165) is 16.8 Å². The van der Waals surface area contributed by atoms with Crippen molar-refractivity contribution in [3.63, 3.8) is 0 Å². The Hall–Kier alpha value is -3.22. The average molecular weight is 380 g/mol. The molecule has 1 saturated heterocycles. The van der Waals surface area contributed by atoms with Crippen LogP contribution in [-0.4, -0.2) is 47.1 Å². The van der Waals surface area contributed by atoms with Crippen molar-refractivity contribution in [1.29, 1.82) is 0 Å². The number of halogens is 1. The molecule has 1 fully saturated rings. The van der Waals surface area contributed by atoms with Crippen LogP contribution in [0.15, 0.2) is 53.1 Å². The van der Waals surface area contributed by atoms with Gasteiger partial charge in [-0.1, -0.05) is 29.4 Å². The topological polar surface area (TPSA) is 62.5 Å². The van der Waals surface area contributed by atoms with E-state index in [1.807, 2.05) is 31.2 Å². The molecule has 2 heterocycles. The minimum atomic E-state index is -0.248. The number of piperazine rings is 1. The van der Waals surface area contributed by atoms with Gasteiger partial charge in [-0.05, 0) is 36.8 Å². The third-order valence-electron chi connectivity index (χ3n) is 4.98. The fraction of sp³-hybridized carbons (Fsp3) is 0.286. The summed E-state index contributed by atoms with van der Waals surface area (Å²) in [5, 5.41) is 4.01. The molecule has 1 aliphatic heterocycles. The van der Waals surface area contributed by atoms with Crippen LogP contribution >= 0.6 is 0 Å². The Labute approximate surface area is 162 Å². The first-order valence-electron chi connectivity index (χ1n) is 9.27. The van der Waals surface area contributed by atoms with Gasteiger partial charge in [0.25, 0.3) is 0 Å². The molecule has 1 amide bonds. The first-order chi connectivity index (χ1) is 13.6. The van der Waals surface area contributed by atoms with Gasteiger partial charge in [-0.25, -0.2) is 4.39 Å². The minimum Gasteiger partial charge on any atom is -0.368 e. The molecule has 3 aromatic rings. The number of hydrogen-bond donors (Lipinski definition) is 0. The molecule has 0 aliphatic carbocycles. The summed E-state index contributed by atoms with van der Waals surface area (Å²) in [6.45, 7) is 4.60. The maximum absolute atomic E-state index is 13.1. The van der Waals surface area contributed by atoms with E-state index in [0.29, 0.717) is 37.9 Å². The van der Waals surface area contributed by atoms with Crippen LogP contribution in [0.25, 0.3) is 11.4 Å². The van der Waals surface area contributed by atoms with Gasteiger partial charge in [-0.3, -0.25) is 4.79 Å². The standard InChI is InChI=1S/C21H21FN4O2/c1-15-4-2-3-5-18(15)21-23-19(28-24-21)14-20(27)26-12-10-25(11-13-26)17-8-6-16(22)7-9-17/h2-9H,10-14H2,1H3. The van der Waals surface area contributed by atoms with Gasteiger partial charge < -0.3 is 14.3 Å². The first-order valence-corrected chi connectivity index (χ1v) is 9.27. The molecule has 0 bridgehead atoms. The van der Waals surface area contributed by atoms with Crippen molar-refractivity contribution in [2.75, 3.05) is 31.1 Å². The Morgan fingerprint density at radius 3 is 2.50 bits per heavy atom. The molecule has 0 N–H and O–H groups in total. The lowest BCUT2D eigenvalue weighted by Gasteiger charge is -2.36. The predicted octanol–water partition coefficient (Wildman–Crippen LogP) is 3.08. The normalized spacial score (nSPS) is 14.4. The quantitative estimate of drug-likeness (QED) is 0.696. The second-order valence-electron chi connectivity index (χ2n) is 6.85. The van der Waals surface area contributed by atoms with Gasteiger partial charge >= 0.3 is 0 Å². The molecule has 28 heavy (non-hydrogen) atoms. The highest BCUT2D eigenvalue weighted by atomic mass is 19.1. The molecule has 1 aliphatic rings. The number of nitrogens with zero attached hydrogens (tertiary/aromatic N) is 4. The maximum atomic E-state index is 13.1. The number of benzene rings is 2. The molecule has 4 rings (SSSR count). The second-order valence-corrected chi connectivity index (χ2v) is 6.85. The van der Waals surface area contributed by atoms with Crippen molar-refractivity contribution in [1.82, 2.24) is 15.0 Å². The van der Waals surface area contributed by atoms with Crippen molar-refractivity contribution in [2.24, 2.45) is 0 Å². The van der Waals surface area contributed by atoms with E-state index in [1.165, 1.54) is 12.1 Å². The van der Waals surface area contributed by atoms with Gasteiger partial charge in [-0.15, -0.1) is 0 Å². The van der Waals surface area contributed by atoms with Crippen molar-refractivity contribution in [3.8, 4) is 11.4 Å². The third kappa shape index (κ3) is 3.88. The van der Waals surface area contributed by atoms with Crippen molar-refractivity contribution in [3.05, 3.63) is 65.8 Å². The smallest absolute Gasteiger partial charge is 0.236 e. The fourth-order valence-corrected chi connectivity index (χ4v) is 3.37. The number of carbonyl (C=O) groups excluding carboxylic acids is 1. The van der Waals surface area contributed by atoms with Crippen LogP contribution < -0.4 is 4.90 Å². The summed E-state index contributed by atoms with van der Waals surface area (Å²) in [6.07, 6.45) is 0.0927. The van der Waals surface area contributed by atoms with E-state index in [9.17, 15) is 9.18 Å². The zero-order valence-electron chi connectivity index (χ0n) is 15.6. The SMILES string of the molecule is Cc1ccccc1-c1noc(CC(=O)N2CCN(c3ccc(F)cc3)CC2)n1. The molecule has 2 aromatic carbocycles. The summed E-state index contributed by atoms with van der Waals surface area (Å²) >= 11 is 0. The summed E-state index contributed by atoms with van der Waals surface area (Å²) < 4.78 is 18.4. The summed E-state index contributed by atoms with van der Waals surface area (Å²) in [5.41, 5.74) is 2.92.